The maximum Gasteiger partial charge on any atom is 0.332 e. The lowest BCUT2D eigenvalue weighted by Crippen LogP contribution is -2.22. The number of fused-ring (bicyclic) bond motifs is 1. The lowest BCUT2D eigenvalue weighted by molar-refractivity contribution is -0.141. The first kappa shape index (κ1) is 19.0. The summed E-state index contributed by atoms with van der Waals surface area (Å²) in [5.74, 6) is -0.0887. The highest BCUT2D eigenvalue weighted by atomic mass is 16.7. The molecule has 0 atom stereocenters. The van der Waals surface area contributed by atoms with Gasteiger partial charge < -0.3 is 24.0 Å². The van der Waals surface area contributed by atoms with Gasteiger partial charge in [-0.15, -0.1) is 0 Å². The SMILES string of the molecule is COc1cccc(NC(=O)c2cc3cccc(OC)c3o/c2=N\OC(C)=O)c1. The summed E-state index contributed by atoms with van der Waals surface area (Å²) >= 11 is 0. The first-order chi connectivity index (χ1) is 13.5. The third-order valence-corrected chi connectivity index (χ3v) is 3.79. The first-order valence-corrected chi connectivity index (χ1v) is 8.29. The second-order valence-corrected chi connectivity index (χ2v) is 5.70. The van der Waals surface area contributed by atoms with E-state index in [0.29, 0.717) is 28.2 Å². The van der Waals surface area contributed by atoms with E-state index in [0.717, 1.165) is 0 Å². The summed E-state index contributed by atoms with van der Waals surface area (Å²) in [4.78, 5) is 28.7. The molecular weight excluding hydrogens is 364 g/mol. The van der Waals surface area contributed by atoms with Crippen LogP contribution in [0.2, 0.25) is 0 Å². The Morgan fingerprint density at radius 3 is 2.54 bits per heavy atom. The summed E-state index contributed by atoms with van der Waals surface area (Å²) in [5, 5.41) is 7.04. The zero-order valence-corrected chi connectivity index (χ0v) is 15.5. The van der Waals surface area contributed by atoms with Gasteiger partial charge in [-0.05, 0) is 29.4 Å². The number of para-hydroxylation sites is 1. The number of hydrogen-bond acceptors (Lipinski definition) is 7. The van der Waals surface area contributed by atoms with E-state index in [4.69, 9.17) is 13.9 Å². The maximum atomic E-state index is 12.8. The molecule has 0 aliphatic rings. The number of carbonyl (C=O) groups excluding carboxylic acids is 2. The molecule has 1 aromatic heterocycles. The molecule has 0 unspecified atom stereocenters. The quantitative estimate of drug-likeness (QED) is 0.538. The Hall–Kier alpha value is -3.81. The van der Waals surface area contributed by atoms with E-state index in [1.54, 1.807) is 48.5 Å². The third-order valence-electron chi connectivity index (χ3n) is 3.79. The molecule has 28 heavy (non-hydrogen) atoms. The molecule has 0 spiro atoms. The van der Waals surface area contributed by atoms with Crippen molar-refractivity contribution in [1.29, 1.82) is 0 Å². The van der Waals surface area contributed by atoms with Crippen molar-refractivity contribution in [3.63, 3.8) is 0 Å². The number of amides is 1. The summed E-state index contributed by atoms with van der Waals surface area (Å²) in [6, 6.07) is 13.7. The highest BCUT2D eigenvalue weighted by Crippen LogP contribution is 2.25. The number of benzene rings is 2. The van der Waals surface area contributed by atoms with Crippen LogP contribution in [0.3, 0.4) is 0 Å². The largest absolute Gasteiger partial charge is 0.497 e. The van der Waals surface area contributed by atoms with E-state index in [-0.39, 0.29) is 11.1 Å². The van der Waals surface area contributed by atoms with Crippen LogP contribution in [-0.2, 0) is 9.63 Å². The van der Waals surface area contributed by atoms with Gasteiger partial charge in [-0.3, -0.25) is 4.79 Å². The molecule has 144 valence electrons. The van der Waals surface area contributed by atoms with Crippen LogP contribution in [0.4, 0.5) is 5.69 Å². The van der Waals surface area contributed by atoms with Crippen LogP contribution in [0.15, 0.2) is 58.1 Å². The minimum absolute atomic E-state index is 0.0878. The van der Waals surface area contributed by atoms with Crippen molar-refractivity contribution in [3.05, 3.63) is 59.6 Å². The van der Waals surface area contributed by atoms with E-state index >= 15 is 0 Å². The molecule has 0 aliphatic carbocycles. The standard InChI is InChI=1S/C20H18N2O6/c1-12(23)28-22-20-16(10-13-6-4-9-17(26-3)18(13)27-20)19(24)21-14-7-5-8-15(11-14)25-2/h4-11H,1-3H3,(H,21,24)/b22-20-. The van der Waals surface area contributed by atoms with Gasteiger partial charge in [0.15, 0.2) is 11.3 Å². The average Bonchev–Trinajstić information content (AvgIpc) is 2.71. The zero-order chi connectivity index (χ0) is 20.1. The van der Waals surface area contributed by atoms with Crippen molar-refractivity contribution in [2.75, 3.05) is 19.5 Å². The van der Waals surface area contributed by atoms with Crippen LogP contribution in [0.25, 0.3) is 11.0 Å². The Morgan fingerprint density at radius 1 is 1.04 bits per heavy atom. The van der Waals surface area contributed by atoms with Crippen molar-refractivity contribution in [1.82, 2.24) is 0 Å². The van der Waals surface area contributed by atoms with Gasteiger partial charge >= 0.3 is 5.97 Å². The second-order valence-electron chi connectivity index (χ2n) is 5.70. The topological polar surface area (TPSA) is 99.4 Å². The normalized spacial score (nSPS) is 11.2. The maximum absolute atomic E-state index is 12.8. The molecular formula is C20H18N2O6. The highest BCUT2D eigenvalue weighted by molar-refractivity contribution is 6.05. The van der Waals surface area contributed by atoms with Gasteiger partial charge in [0.2, 0.25) is 0 Å². The Kier molecular flexibility index (Phi) is 5.59. The van der Waals surface area contributed by atoms with Crippen LogP contribution >= 0.6 is 0 Å². The Morgan fingerprint density at radius 2 is 1.82 bits per heavy atom. The average molecular weight is 382 g/mol. The van der Waals surface area contributed by atoms with E-state index in [1.165, 1.54) is 21.1 Å². The second kappa shape index (κ2) is 8.26. The van der Waals surface area contributed by atoms with Gasteiger partial charge in [-0.1, -0.05) is 18.2 Å². The van der Waals surface area contributed by atoms with Crippen molar-refractivity contribution < 1.29 is 28.3 Å². The van der Waals surface area contributed by atoms with Gasteiger partial charge in [0.1, 0.15) is 11.3 Å². The minimum Gasteiger partial charge on any atom is -0.497 e. The van der Waals surface area contributed by atoms with Crippen molar-refractivity contribution in [2.45, 2.75) is 6.92 Å². The molecule has 1 N–H and O–H groups in total. The first-order valence-electron chi connectivity index (χ1n) is 8.29. The van der Waals surface area contributed by atoms with Gasteiger partial charge in [0.05, 0.1) is 14.2 Å². The monoisotopic (exact) mass is 382 g/mol. The number of nitrogens with one attached hydrogen (secondary N) is 1. The van der Waals surface area contributed by atoms with Crippen molar-refractivity contribution in [3.8, 4) is 11.5 Å². The van der Waals surface area contributed by atoms with Crippen LogP contribution in [0.5, 0.6) is 11.5 Å². The fraction of sp³-hybridized carbons (Fsp3) is 0.150. The summed E-state index contributed by atoms with van der Waals surface area (Å²) < 4.78 is 16.1. The predicted molar refractivity (Wildman–Crippen MR) is 101 cm³/mol. The number of rotatable bonds is 5. The molecule has 0 saturated heterocycles. The molecule has 0 aliphatic heterocycles. The molecule has 8 heteroatoms. The number of nitrogens with zero attached hydrogens (tertiary/aromatic N) is 1. The summed E-state index contributed by atoms with van der Waals surface area (Å²) in [6.07, 6.45) is 0. The fourth-order valence-corrected chi connectivity index (χ4v) is 2.52. The number of hydrogen-bond donors (Lipinski definition) is 1. The summed E-state index contributed by atoms with van der Waals surface area (Å²) in [5.41, 5.74) is 0.819. The van der Waals surface area contributed by atoms with Gasteiger partial charge in [-0.2, -0.15) is 0 Å². The van der Waals surface area contributed by atoms with Gasteiger partial charge in [0.25, 0.3) is 11.5 Å². The van der Waals surface area contributed by atoms with Gasteiger partial charge in [-0.25, -0.2) is 4.79 Å². The van der Waals surface area contributed by atoms with Crippen LogP contribution < -0.4 is 20.3 Å². The van der Waals surface area contributed by atoms with E-state index in [9.17, 15) is 9.59 Å². The molecule has 1 heterocycles. The number of ether oxygens (including phenoxy) is 2. The molecule has 8 nitrogen and oxygen atoms in total. The van der Waals surface area contributed by atoms with Crippen molar-refractivity contribution in [2.24, 2.45) is 5.16 Å². The fourth-order valence-electron chi connectivity index (χ4n) is 2.52. The lowest BCUT2D eigenvalue weighted by Gasteiger charge is -2.09. The molecule has 0 radical (unpaired) electrons. The Labute approximate surface area is 160 Å². The molecule has 0 bridgehead atoms. The Balaban J connectivity index is 2.09. The molecule has 1 amide bonds. The molecule has 0 fully saturated rings. The minimum atomic E-state index is -0.644. The smallest absolute Gasteiger partial charge is 0.332 e. The third kappa shape index (κ3) is 4.12. The van der Waals surface area contributed by atoms with Crippen LogP contribution in [0.1, 0.15) is 17.3 Å². The molecule has 3 aromatic rings. The van der Waals surface area contributed by atoms with E-state index in [2.05, 4.69) is 15.3 Å². The number of methoxy groups -OCH3 is 2. The highest BCUT2D eigenvalue weighted by Gasteiger charge is 2.16. The Bertz CT molecular complexity index is 1100. The van der Waals surface area contributed by atoms with Gasteiger partial charge in [0, 0.05) is 24.1 Å². The summed E-state index contributed by atoms with van der Waals surface area (Å²) in [6.45, 7) is 1.20. The number of anilines is 1. The van der Waals surface area contributed by atoms with Crippen LogP contribution in [0, 0.1) is 0 Å². The van der Waals surface area contributed by atoms with Crippen LogP contribution in [-0.4, -0.2) is 26.1 Å². The predicted octanol–water partition coefficient (Wildman–Crippen LogP) is 3.08. The zero-order valence-electron chi connectivity index (χ0n) is 15.5. The lowest BCUT2D eigenvalue weighted by atomic mass is 10.1. The summed E-state index contributed by atoms with van der Waals surface area (Å²) in [7, 11) is 3.03. The van der Waals surface area contributed by atoms with E-state index < -0.39 is 11.9 Å². The molecule has 2 aromatic carbocycles. The van der Waals surface area contributed by atoms with E-state index in [1.807, 2.05) is 0 Å². The molecule has 0 saturated carbocycles. The number of carbonyl (C=O) groups is 2. The van der Waals surface area contributed by atoms with Crippen molar-refractivity contribution >= 4 is 28.5 Å². The molecule has 3 rings (SSSR count).